The molecule has 0 radical (unpaired) electrons. The van der Waals surface area contributed by atoms with E-state index in [1.54, 1.807) is 18.7 Å². The van der Waals surface area contributed by atoms with E-state index in [-0.39, 0.29) is 0 Å². The van der Waals surface area contributed by atoms with Gasteiger partial charge in [-0.2, -0.15) is 8.42 Å². The topological polar surface area (TPSA) is 57.6 Å². The van der Waals surface area contributed by atoms with E-state index < -0.39 is 15.5 Å². The predicted octanol–water partition coefficient (Wildman–Crippen LogP) is 5.82. The molecule has 2 aromatic carbocycles. The fraction of sp³-hybridized carbons (Fsp3) is 0.429. The minimum absolute atomic E-state index is 0.305. The van der Waals surface area contributed by atoms with Crippen molar-refractivity contribution in [3.8, 4) is 0 Å². The van der Waals surface area contributed by atoms with Crippen molar-refractivity contribution < 1.29 is 13.0 Å². The largest absolute Gasteiger partial charge is 0.319 e. The Kier molecular flexibility index (Phi) is 6.18. The Morgan fingerprint density at radius 3 is 2.37 bits per heavy atom. The molecule has 0 bridgehead atoms. The second kappa shape index (κ2) is 8.25. The highest BCUT2D eigenvalue weighted by molar-refractivity contribution is 7.99. The molecule has 4 nitrogen and oxygen atoms in total. The molecule has 1 heterocycles. The molecule has 146 valence electrons. The molecule has 2 aromatic rings. The van der Waals surface area contributed by atoms with Crippen LogP contribution in [-0.4, -0.2) is 18.3 Å². The normalized spacial score (nSPS) is 14.6. The first-order chi connectivity index (χ1) is 12.9. The van der Waals surface area contributed by atoms with Crippen molar-refractivity contribution in [3.05, 3.63) is 47.5 Å². The number of aryl methyl sites for hydroxylation is 2. The van der Waals surface area contributed by atoms with Crippen LogP contribution in [0.15, 0.2) is 46.2 Å². The van der Waals surface area contributed by atoms with Crippen LogP contribution in [0.25, 0.3) is 0 Å². The molecule has 1 aliphatic rings. The van der Waals surface area contributed by atoms with E-state index in [1.807, 2.05) is 29.2 Å². The zero-order chi connectivity index (χ0) is 19.6. The van der Waals surface area contributed by atoms with Crippen LogP contribution in [0.3, 0.4) is 0 Å². The van der Waals surface area contributed by atoms with Crippen LogP contribution in [-0.2, 0) is 23.0 Å². The van der Waals surface area contributed by atoms with Gasteiger partial charge < -0.3 is 4.90 Å². The summed E-state index contributed by atoms with van der Waals surface area (Å²) in [6, 6.07) is 12.2. The smallest absolute Gasteiger partial charge is 0.286 e. The molecule has 1 unspecified atom stereocenters. The molecule has 1 N–H and O–H groups in total. The summed E-state index contributed by atoms with van der Waals surface area (Å²) in [5.74, 6) is 0. The fourth-order valence-electron chi connectivity index (χ4n) is 3.78. The van der Waals surface area contributed by atoms with Crippen molar-refractivity contribution in [1.82, 2.24) is 0 Å². The maximum absolute atomic E-state index is 12.2. The SMILES string of the molecule is CCCc1cc(CCC)c2c(c1)Sc1ccccc1N2C(CC)S(=O)(=O)O. The van der Waals surface area contributed by atoms with Gasteiger partial charge in [0.05, 0.1) is 11.4 Å². The molecular formula is C21H27NO3S2. The lowest BCUT2D eigenvalue weighted by Gasteiger charge is -2.38. The summed E-state index contributed by atoms with van der Waals surface area (Å²) in [5, 5.41) is -0.995. The predicted molar refractivity (Wildman–Crippen MR) is 113 cm³/mol. The Morgan fingerprint density at radius 2 is 1.74 bits per heavy atom. The molecule has 0 amide bonds. The highest BCUT2D eigenvalue weighted by Crippen LogP contribution is 2.51. The van der Waals surface area contributed by atoms with Gasteiger partial charge in [0.25, 0.3) is 10.1 Å². The van der Waals surface area contributed by atoms with Gasteiger partial charge in [-0.05, 0) is 48.6 Å². The quantitative estimate of drug-likeness (QED) is 0.588. The van der Waals surface area contributed by atoms with Crippen molar-refractivity contribution in [3.63, 3.8) is 0 Å². The monoisotopic (exact) mass is 405 g/mol. The summed E-state index contributed by atoms with van der Waals surface area (Å²) in [6.07, 6.45) is 4.23. The third kappa shape index (κ3) is 4.03. The summed E-state index contributed by atoms with van der Waals surface area (Å²) in [6.45, 7) is 6.10. The van der Waals surface area contributed by atoms with Crippen molar-refractivity contribution >= 4 is 33.3 Å². The third-order valence-electron chi connectivity index (χ3n) is 4.84. The van der Waals surface area contributed by atoms with Gasteiger partial charge in [0.2, 0.25) is 0 Å². The molecule has 0 aliphatic carbocycles. The van der Waals surface area contributed by atoms with Crippen LogP contribution in [0.4, 0.5) is 11.4 Å². The Hall–Kier alpha value is -1.50. The van der Waals surface area contributed by atoms with Crippen LogP contribution in [0.5, 0.6) is 0 Å². The lowest BCUT2D eigenvalue weighted by molar-refractivity contribution is 0.464. The van der Waals surface area contributed by atoms with E-state index in [2.05, 4.69) is 26.0 Å². The number of para-hydroxylation sites is 1. The van der Waals surface area contributed by atoms with Gasteiger partial charge in [-0.1, -0.05) is 63.6 Å². The minimum atomic E-state index is -4.24. The number of rotatable bonds is 7. The van der Waals surface area contributed by atoms with Crippen LogP contribution < -0.4 is 4.90 Å². The summed E-state index contributed by atoms with van der Waals surface area (Å²) in [5.41, 5.74) is 4.22. The van der Waals surface area contributed by atoms with E-state index in [4.69, 9.17) is 0 Å². The number of hydrogen-bond acceptors (Lipinski definition) is 4. The molecule has 0 saturated carbocycles. The average Bonchev–Trinajstić information content (AvgIpc) is 2.61. The molecule has 1 aliphatic heterocycles. The summed E-state index contributed by atoms with van der Waals surface area (Å²) >= 11 is 1.69. The third-order valence-corrected chi connectivity index (χ3v) is 7.17. The second-order valence-electron chi connectivity index (χ2n) is 6.92. The van der Waals surface area contributed by atoms with Gasteiger partial charge in [0.15, 0.2) is 5.37 Å². The average molecular weight is 406 g/mol. The number of fused-ring (bicyclic) bond motifs is 2. The molecule has 6 heteroatoms. The highest BCUT2D eigenvalue weighted by Gasteiger charge is 2.36. The molecule has 3 rings (SSSR count). The van der Waals surface area contributed by atoms with Crippen molar-refractivity contribution in [2.24, 2.45) is 0 Å². The lowest BCUT2D eigenvalue weighted by atomic mass is 10.00. The van der Waals surface area contributed by atoms with Crippen molar-refractivity contribution in [2.75, 3.05) is 4.90 Å². The first-order valence-corrected chi connectivity index (χ1v) is 11.9. The van der Waals surface area contributed by atoms with E-state index in [1.165, 1.54) is 5.56 Å². The molecule has 1 atom stereocenters. The van der Waals surface area contributed by atoms with E-state index in [9.17, 15) is 13.0 Å². The Morgan fingerprint density at radius 1 is 1.04 bits per heavy atom. The number of nitrogens with zero attached hydrogens (tertiary/aromatic N) is 1. The Bertz CT molecular complexity index is 925. The molecule has 0 aromatic heterocycles. The maximum atomic E-state index is 12.2. The summed E-state index contributed by atoms with van der Waals surface area (Å²) in [7, 11) is -4.24. The number of benzene rings is 2. The van der Waals surface area contributed by atoms with Gasteiger partial charge in [-0.25, -0.2) is 0 Å². The van der Waals surface area contributed by atoms with Crippen molar-refractivity contribution in [1.29, 1.82) is 0 Å². The number of hydrogen-bond donors (Lipinski definition) is 1. The minimum Gasteiger partial charge on any atom is -0.319 e. The van der Waals surface area contributed by atoms with Gasteiger partial charge in [-0.15, -0.1) is 0 Å². The fourth-order valence-corrected chi connectivity index (χ4v) is 5.88. The van der Waals surface area contributed by atoms with Crippen LogP contribution in [0.2, 0.25) is 0 Å². The van der Waals surface area contributed by atoms with E-state index in [0.717, 1.165) is 52.4 Å². The van der Waals surface area contributed by atoms with Gasteiger partial charge >= 0.3 is 0 Å². The van der Waals surface area contributed by atoms with Crippen LogP contribution in [0, 0.1) is 0 Å². The van der Waals surface area contributed by atoms with Gasteiger partial charge in [-0.3, -0.25) is 4.55 Å². The van der Waals surface area contributed by atoms with Crippen molar-refractivity contribution in [2.45, 2.75) is 68.0 Å². The van der Waals surface area contributed by atoms with E-state index in [0.29, 0.717) is 6.42 Å². The molecule has 0 spiro atoms. The Balaban J connectivity index is 2.28. The molecule has 0 saturated heterocycles. The number of anilines is 2. The second-order valence-corrected chi connectivity index (χ2v) is 9.58. The highest BCUT2D eigenvalue weighted by atomic mass is 32.2. The summed E-state index contributed by atoms with van der Waals surface area (Å²) in [4.78, 5) is 3.94. The van der Waals surface area contributed by atoms with Crippen LogP contribution in [0.1, 0.15) is 51.2 Å². The zero-order valence-corrected chi connectivity index (χ0v) is 17.7. The van der Waals surface area contributed by atoms with Crippen LogP contribution >= 0.6 is 11.8 Å². The molecule has 27 heavy (non-hydrogen) atoms. The summed E-state index contributed by atoms with van der Waals surface area (Å²) < 4.78 is 34.4. The standard InChI is InChI=1S/C21H27NO3S2/c1-4-9-15-13-16(10-5-2)21-19(14-15)26-18-12-8-7-11-17(18)22(21)20(6-3)27(23,24)25/h7-8,11-14,20H,4-6,9-10H2,1-3H3,(H,23,24,25). The first-order valence-electron chi connectivity index (χ1n) is 9.58. The maximum Gasteiger partial charge on any atom is 0.286 e. The Labute approximate surface area is 166 Å². The zero-order valence-electron chi connectivity index (χ0n) is 16.1. The molecule has 0 fully saturated rings. The van der Waals surface area contributed by atoms with Gasteiger partial charge in [0.1, 0.15) is 0 Å². The molecular weight excluding hydrogens is 378 g/mol. The van der Waals surface area contributed by atoms with Gasteiger partial charge in [0, 0.05) is 9.79 Å². The van der Waals surface area contributed by atoms with E-state index >= 15 is 0 Å². The lowest BCUT2D eigenvalue weighted by Crippen LogP contribution is -2.39. The first kappa shape index (κ1) is 20.2.